The molecule has 0 aliphatic carbocycles. The third-order valence-electron chi connectivity index (χ3n) is 3.14. The van der Waals surface area contributed by atoms with Gasteiger partial charge in [0.1, 0.15) is 13.0 Å². The molecule has 2 aromatic rings. The van der Waals surface area contributed by atoms with Gasteiger partial charge in [0.15, 0.2) is 11.5 Å². The largest absolute Gasteiger partial charge is 0.493 e. The quantitative estimate of drug-likeness (QED) is 0.569. The lowest BCUT2D eigenvalue weighted by Gasteiger charge is -2.11. The van der Waals surface area contributed by atoms with Crippen molar-refractivity contribution in [2.45, 2.75) is 13.0 Å². The SMILES string of the molecule is COc1cc(/C=N\NC(=O)CC#N)ccc1OCc1ccc(Br)cc1. The second kappa shape index (κ2) is 9.45. The second-order valence-corrected chi connectivity index (χ2v) is 5.87. The fraction of sp³-hybridized carbons (Fsp3) is 0.167. The van der Waals surface area contributed by atoms with E-state index in [2.05, 4.69) is 26.5 Å². The van der Waals surface area contributed by atoms with Crippen LogP contribution in [0.3, 0.4) is 0 Å². The Morgan fingerprint density at radius 2 is 2.04 bits per heavy atom. The number of hydrazone groups is 1. The molecule has 0 spiro atoms. The molecule has 1 amide bonds. The molecular weight excluding hydrogens is 386 g/mol. The molecule has 2 rings (SSSR count). The van der Waals surface area contributed by atoms with Crippen LogP contribution in [0, 0.1) is 11.3 Å². The van der Waals surface area contributed by atoms with Crippen LogP contribution in [0.5, 0.6) is 11.5 Å². The molecule has 0 saturated carbocycles. The Labute approximate surface area is 154 Å². The molecule has 7 heteroatoms. The number of nitrogens with one attached hydrogen (secondary N) is 1. The number of benzene rings is 2. The van der Waals surface area contributed by atoms with Gasteiger partial charge in [-0.05, 0) is 41.5 Å². The molecule has 0 aromatic heterocycles. The smallest absolute Gasteiger partial charge is 0.254 e. The average molecular weight is 402 g/mol. The molecule has 0 bridgehead atoms. The van der Waals surface area contributed by atoms with Crippen molar-refractivity contribution in [3.8, 4) is 17.6 Å². The van der Waals surface area contributed by atoms with Gasteiger partial charge in [-0.15, -0.1) is 0 Å². The molecule has 2 aromatic carbocycles. The molecule has 0 aliphatic heterocycles. The van der Waals surface area contributed by atoms with Gasteiger partial charge in [0.25, 0.3) is 5.91 Å². The van der Waals surface area contributed by atoms with Gasteiger partial charge < -0.3 is 9.47 Å². The number of hydrogen-bond donors (Lipinski definition) is 1. The zero-order valence-corrected chi connectivity index (χ0v) is 15.1. The first-order chi connectivity index (χ1) is 12.1. The fourth-order valence-electron chi connectivity index (χ4n) is 1.92. The van der Waals surface area contributed by atoms with Crippen molar-refractivity contribution >= 4 is 28.1 Å². The number of methoxy groups -OCH3 is 1. The van der Waals surface area contributed by atoms with Crippen molar-refractivity contribution in [2.75, 3.05) is 7.11 Å². The first-order valence-corrected chi connectivity index (χ1v) is 8.16. The van der Waals surface area contributed by atoms with Crippen molar-refractivity contribution in [1.29, 1.82) is 5.26 Å². The average Bonchev–Trinajstić information content (AvgIpc) is 2.62. The van der Waals surface area contributed by atoms with Crippen molar-refractivity contribution in [3.05, 3.63) is 58.1 Å². The van der Waals surface area contributed by atoms with E-state index < -0.39 is 5.91 Å². The van der Waals surface area contributed by atoms with Gasteiger partial charge in [-0.2, -0.15) is 10.4 Å². The van der Waals surface area contributed by atoms with Crippen LogP contribution in [-0.4, -0.2) is 19.2 Å². The molecule has 0 atom stereocenters. The molecule has 0 unspecified atom stereocenters. The van der Waals surface area contributed by atoms with Crippen LogP contribution in [0.25, 0.3) is 0 Å². The molecule has 0 saturated heterocycles. The van der Waals surface area contributed by atoms with E-state index in [1.54, 1.807) is 31.4 Å². The van der Waals surface area contributed by atoms with Crippen LogP contribution in [0.2, 0.25) is 0 Å². The topological polar surface area (TPSA) is 83.7 Å². The normalized spacial score (nSPS) is 10.3. The highest BCUT2D eigenvalue weighted by atomic mass is 79.9. The zero-order chi connectivity index (χ0) is 18.1. The lowest BCUT2D eigenvalue weighted by atomic mass is 10.2. The van der Waals surface area contributed by atoms with Gasteiger partial charge in [-0.1, -0.05) is 28.1 Å². The van der Waals surface area contributed by atoms with Gasteiger partial charge in [-0.25, -0.2) is 5.43 Å². The predicted octanol–water partition coefficient (Wildman–Crippen LogP) is 3.40. The maximum Gasteiger partial charge on any atom is 0.254 e. The zero-order valence-electron chi connectivity index (χ0n) is 13.5. The van der Waals surface area contributed by atoms with E-state index >= 15 is 0 Å². The van der Waals surface area contributed by atoms with Gasteiger partial charge in [0.2, 0.25) is 0 Å². The summed E-state index contributed by atoms with van der Waals surface area (Å²) < 4.78 is 12.1. The van der Waals surface area contributed by atoms with E-state index in [0.717, 1.165) is 15.6 Å². The van der Waals surface area contributed by atoms with E-state index in [9.17, 15) is 4.79 Å². The Balaban J connectivity index is 2.01. The van der Waals surface area contributed by atoms with Crippen molar-refractivity contribution in [1.82, 2.24) is 5.43 Å². The van der Waals surface area contributed by atoms with Crippen LogP contribution in [0.15, 0.2) is 52.0 Å². The predicted molar refractivity (Wildman–Crippen MR) is 97.4 cm³/mol. The molecule has 6 nitrogen and oxygen atoms in total. The first kappa shape index (κ1) is 18.5. The standard InChI is InChI=1S/C18H16BrN3O3/c1-24-17-10-14(11-21-22-18(23)8-9-20)4-7-16(17)25-12-13-2-5-15(19)6-3-13/h2-7,10-11H,8,12H2,1H3,(H,22,23)/b21-11-. The minimum Gasteiger partial charge on any atom is -0.493 e. The number of carbonyl (C=O) groups is 1. The summed E-state index contributed by atoms with van der Waals surface area (Å²) in [6.45, 7) is 0.418. The number of ether oxygens (including phenoxy) is 2. The molecule has 25 heavy (non-hydrogen) atoms. The lowest BCUT2D eigenvalue weighted by Crippen LogP contribution is -2.16. The fourth-order valence-corrected chi connectivity index (χ4v) is 2.18. The first-order valence-electron chi connectivity index (χ1n) is 7.36. The summed E-state index contributed by atoms with van der Waals surface area (Å²) in [7, 11) is 1.55. The third kappa shape index (κ3) is 5.94. The molecule has 0 radical (unpaired) electrons. The summed E-state index contributed by atoms with van der Waals surface area (Å²) in [6.07, 6.45) is 1.24. The summed E-state index contributed by atoms with van der Waals surface area (Å²) in [4.78, 5) is 11.2. The highest BCUT2D eigenvalue weighted by molar-refractivity contribution is 9.10. The molecule has 1 N–H and O–H groups in total. The Kier molecular flexibility index (Phi) is 6.99. The minimum atomic E-state index is -0.458. The van der Waals surface area contributed by atoms with E-state index in [-0.39, 0.29) is 6.42 Å². The van der Waals surface area contributed by atoms with Crippen molar-refractivity contribution in [2.24, 2.45) is 5.10 Å². The van der Waals surface area contributed by atoms with Gasteiger partial charge in [-0.3, -0.25) is 4.79 Å². The van der Waals surface area contributed by atoms with Gasteiger partial charge >= 0.3 is 0 Å². The van der Waals surface area contributed by atoms with Gasteiger partial charge in [0.05, 0.1) is 19.4 Å². The summed E-state index contributed by atoms with van der Waals surface area (Å²) in [6, 6.07) is 14.9. The Hall–Kier alpha value is -2.85. The number of hydrogen-bond acceptors (Lipinski definition) is 5. The Bertz CT molecular complexity index is 798. The molecule has 0 heterocycles. The molecule has 128 valence electrons. The number of carbonyl (C=O) groups excluding carboxylic acids is 1. The van der Waals surface area contributed by atoms with Crippen molar-refractivity contribution < 1.29 is 14.3 Å². The minimum absolute atomic E-state index is 0.233. The molecular formula is C18H16BrN3O3. The van der Waals surface area contributed by atoms with Crippen LogP contribution < -0.4 is 14.9 Å². The third-order valence-corrected chi connectivity index (χ3v) is 3.67. The summed E-state index contributed by atoms with van der Waals surface area (Å²) >= 11 is 3.40. The van der Waals surface area contributed by atoms with Crippen LogP contribution in [0.4, 0.5) is 0 Å². The van der Waals surface area contributed by atoms with Gasteiger partial charge in [0, 0.05) is 4.47 Å². The summed E-state index contributed by atoms with van der Waals surface area (Å²) in [5.74, 6) is 0.709. The second-order valence-electron chi connectivity index (χ2n) is 4.95. The number of halogens is 1. The Morgan fingerprint density at radius 1 is 1.28 bits per heavy atom. The van der Waals surface area contributed by atoms with E-state index in [4.69, 9.17) is 14.7 Å². The monoisotopic (exact) mass is 401 g/mol. The number of rotatable bonds is 7. The highest BCUT2D eigenvalue weighted by Gasteiger charge is 2.06. The number of nitriles is 1. The molecule has 0 aliphatic rings. The van der Waals surface area contributed by atoms with Crippen molar-refractivity contribution in [3.63, 3.8) is 0 Å². The van der Waals surface area contributed by atoms with E-state index in [0.29, 0.717) is 18.1 Å². The highest BCUT2D eigenvalue weighted by Crippen LogP contribution is 2.28. The number of amides is 1. The Morgan fingerprint density at radius 3 is 2.72 bits per heavy atom. The summed E-state index contributed by atoms with van der Waals surface area (Å²) in [5, 5.41) is 12.2. The van der Waals surface area contributed by atoms with Crippen LogP contribution in [0.1, 0.15) is 17.5 Å². The maximum atomic E-state index is 11.2. The van der Waals surface area contributed by atoms with E-state index in [1.807, 2.05) is 24.3 Å². The summed E-state index contributed by atoms with van der Waals surface area (Å²) in [5.41, 5.74) is 4.03. The van der Waals surface area contributed by atoms with E-state index in [1.165, 1.54) is 6.21 Å². The van der Waals surface area contributed by atoms with Crippen LogP contribution >= 0.6 is 15.9 Å². The molecule has 0 fully saturated rings. The maximum absolute atomic E-state index is 11.2. The lowest BCUT2D eigenvalue weighted by molar-refractivity contribution is -0.120. The number of nitrogens with zero attached hydrogens (tertiary/aromatic N) is 2. The van der Waals surface area contributed by atoms with Crippen LogP contribution in [-0.2, 0) is 11.4 Å².